The molecule has 3 unspecified atom stereocenters. The number of hydrogen-bond donors (Lipinski definition) is 1. The first-order valence-electron chi connectivity index (χ1n) is 7.64. The highest BCUT2D eigenvalue weighted by Crippen LogP contribution is 2.34. The van der Waals surface area contributed by atoms with Crippen molar-refractivity contribution in [2.45, 2.75) is 32.0 Å². The number of hydrogen-bond acceptors (Lipinski definition) is 5. The van der Waals surface area contributed by atoms with Gasteiger partial charge in [0.05, 0.1) is 0 Å². The standard InChI is InChI=1S/C16H25N3O2/c1-11-7-19(8-12(2)18(11)3)9-14(17)13-4-5-15-16(6-13)21-10-20-15/h4-6,11-12,14H,7-10,17H2,1-3H3. The third-order valence-electron chi connectivity index (χ3n) is 4.72. The van der Waals surface area contributed by atoms with Crippen molar-refractivity contribution < 1.29 is 9.47 Å². The summed E-state index contributed by atoms with van der Waals surface area (Å²) in [4.78, 5) is 4.90. The molecule has 3 atom stereocenters. The van der Waals surface area contributed by atoms with Gasteiger partial charge in [-0.1, -0.05) is 6.07 Å². The van der Waals surface area contributed by atoms with Crippen LogP contribution in [0.4, 0.5) is 0 Å². The van der Waals surface area contributed by atoms with Crippen LogP contribution in [0.3, 0.4) is 0 Å². The molecule has 2 N–H and O–H groups in total. The molecule has 116 valence electrons. The van der Waals surface area contributed by atoms with Gasteiger partial charge in [-0.2, -0.15) is 0 Å². The van der Waals surface area contributed by atoms with E-state index in [0.29, 0.717) is 18.9 Å². The summed E-state index contributed by atoms with van der Waals surface area (Å²) in [6.45, 7) is 7.87. The van der Waals surface area contributed by atoms with Crippen molar-refractivity contribution in [2.24, 2.45) is 5.73 Å². The molecule has 21 heavy (non-hydrogen) atoms. The van der Waals surface area contributed by atoms with Gasteiger partial charge in [0.15, 0.2) is 11.5 Å². The number of rotatable bonds is 3. The maximum Gasteiger partial charge on any atom is 0.231 e. The van der Waals surface area contributed by atoms with Gasteiger partial charge in [-0.25, -0.2) is 0 Å². The molecule has 5 nitrogen and oxygen atoms in total. The zero-order chi connectivity index (χ0) is 15.0. The monoisotopic (exact) mass is 291 g/mol. The molecule has 0 saturated carbocycles. The lowest BCUT2D eigenvalue weighted by Gasteiger charge is -2.43. The first kappa shape index (κ1) is 14.6. The molecule has 2 heterocycles. The number of likely N-dealkylation sites (N-methyl/N-ethyl adjacent to an activating group) is 1. The van der Waals surface area contributed by atoms with E-state index in [4.69, 9.17) is 15.2 Å². The van der Waals surface area contributed by atoms with Crippen LogP contribution in [0.15, 0.2) is 18.2 Å². The third-order valence-corrected chi connectivity index (χ3v) is 4.72. The van der Waals surface area contributed by atoms with Crippen molar-refractivity contribution in [2.75, 3.05) is 33.5 Å². The molecule has 5 heteroatoms. The van der Waals surface area contributed by atoms with Gasteiger partial charge in [-0.05, 0) is 38.6 Å². The summed E-state index contributed by atoms with van der Waals surface area (Å²) in [6, 6.07) is 7.14. The van der Waals surface area contributed by atoms with E-state index in [1.165, 1.54) is 0 Å². The fraction of sp³-hybridized carbons (Fsp3) is 0.625. The number of benzene rings is 1. The lowest BCUT2D eigenvalue weighted by atomic mass is 10.0. The van der Waals surface area contributed by atoms with Crippen LogP contribution < -0.4 is 15.2 Å². The Morgan fingerprint density at radius 2 is 1.86 bits per heavy atom. The summed E-state index contributed by atoms with van der Waals surface area (Å²) < 4.78 is 10.8. The topological polar surface area (TPSA) is 51.0 Å². The van der Waals surface area contributed by atoms with Crippen LogP contribution in [0.1, 0.15) is 25.5 Å². The Labute approximate surface area is 126 Å². The van der Waals surface area contributed by atoms with Gasteiger partial charge in [-0.15, -0.1) is 0 Å². The minimum absolute atomic E-state index is 0.00214. The number of ether oxygens (including phenoxy) is 2. The number of fused-ring (bicyclic) bond motifs is 1. The highest BCUT2D eigenvalue weighted by atomic mass is 16.7. The maximum absolute atomic E-state index is 6.39. The van der Waals surface area contributed by atoms with Crippen LogP contribution in [0.2, 0.25) is 0 Å². The van der Waals surface area contributed by atoms with E-state index in [1.54, 1.807) is 0 Å². The Hall–Kier alpha value is -1.30. The molecular formula is C16H25N3O2. The first-order valence-corrected chi connectivity index (χ1v) is 7.64. The van der Waals surface area contributed by atoms with E-state index in [-0.39, 0.29) is 6.04 Å². The number of nitrogens with zero attached hydrogens (tertiary/aromatic N) is 2. The van der Waals surface area contributed by atoms with Crippen molar-refractivity contribution in [3.63, 3.8) is 0 Å². The molecule has 0 aliphatic carbocycles. The predicted octanol–water partition coefficient (Wildman–Crippen LogP) is 1.44. The summed E-state index contributed by atoms with van der Waals surface area (Å²) in [5.41, 5.74) is 7.50. The minimum Gasteiger partial charge on any atom is -0.454 e. The van der Waals surface area contributed by atoms with Gasteiger partial charge < -0.3 is 15.2 Å². The van der Waals surface area contributed by atoms with Gasteiger partial charge >= 0.3 is 0 Å². The molecule has 1 aromatic rings. The highest BCUT2D eigenvalue weighted by molar-refractivity contribution is 5.45. The van der Waals surface area contributed by atoms with Crippen LogP contribution in [0.5, 0.6) is 11.5 Å². The molecule has 0 aromatic heterocycles. The molecule has 0 amide bonds. The van der Waals surface area contributed by atoms with Gasteiger partial charge in [0.1, 0.15) is 0 Å². The summed E-state index contributed by atoms with van der Waals surface area (Å²) in [5, 5.41) is 0. The second-order valence-electron chi connectivity index (χ2n) is 6.30. The van der Waals surface area contributed by atoms with E-state index in [2.05, 4.69) is 30.7 Å². The summed E-state index contributed by atoms with van der Waals surface area (Å²) in [7, 11) is 2.20. The molecule has 3 rings (SSSR count). The predicted molar refractivity (Wildman–Crippen MR) is 82.6 cm³/mol. The second kappa shape index (κ2) is 5.83. The van der Waals surface area contributed by atoms with Crippen molar-refractivity contribution in [3.05, 3.63) is 23.8 Å². The lowest BCUT2D eigenvalue weighted by molar-refractivity contribution is 0.0566. The molecule has 0 radical (unpaired) electrons. The average molecular weight is 291 g/mol. The average Bonchev–Trinajstić information content (AvgIpc) is 2.91. The number of nitrogens with two attached hydrogens (primary N) is 1. The van der Waals surface area contributed by atoms with Crippen LogP contribution in [0, 0.1) is 0 Å². The van der Waals surface area contributed by atoms with Crippen molar-refractivity contribution in [3.8, 4) is 11.5 Å². The van der Waals surface area contributed by atoms with E-state index in [1.807, 2.05) is 18.2 Å². The zero-order valence-electron chi connectivity index (χ0n) is 13.1. The third kappa shape index (κ3) is 3.00. The van der Waals surface area contributed by atoms with E-state index in [0.717, 1.165) is 36.7 Å². The van der Waals surface area contributed by atoms with Crippen molar-refractivity contribution in [1.29, 1.82) is 0 Å². The minimum atomic E-state index is 0.00214. The lowest BCUT2D eigenvalue weighted by Crippen LogP contribution is -2.55. The summed E-state index contributed by atoms with van der Waals surface area (Å²) in [5.74, 6) is 1.62. The summed E-state index contributed by atoms with van der Waals surface area (Å²) >= 11 is 0. The molecule has 0 spiro atoms. The first-order chi connectivity index (χ1) is 10.0. The Bertz CT molecular complexity index is 496. The Morgan fingerprint density at radius 3 is 2.57 bits per heavy atom. The Kier molecular flexibility index (Phi) is 4.06. The second-order valence-corrected chi connectivity index (χ2v) is 6.30. The van der Waals surface area contributed by atoms with Gasteiger partial charge in [0.25, 0.3) is 0 Å². The Morgan fingerprint density at radius 1 is 1.19 bits per heavy atom. The van der Waals surface area contributed by atoms with E-state index >= 15 is 0 Å². The maximum atomic E-state index is 6.39. The summed E-state index contributed by atoms with van der Waals surface area (Å²) in [6.07, 6.45) is 0. The fourth-order valence-corrected chi connectivity index (χ4v) is 3.19. The van der Waals surface area contributed by atoms with E-state index < -0.39 is 0 Å². The SMILES string of the molecule is CC1CN(CC(N)c2ccc3c(c2)OCO3)CC(C)N1C. The highest BCUT2D eigenvalue weighted by Gasteiger charge is 2.27. The van der Waals surface area contributed by atoms with Crippen LogP contribution >= 0.6 is 0 Å². The van der Waals surface area contributed by atoms with Crippen molar-refractivity contribution in [1.82, 2.24) is 9.80 Å². The molecular weight excluding hydrogens is 266 g/mol. The van der Waals surface area contributed by atoms with Gasteiger partial charge in [0.2, 0.25) is 6.79 Å². The van der Waals surface area contributed by atoms with Gasteiger partial charge in [-0.3, -0.25) is 9.80 Å². The van der Waals surface area contributed by atoms with Crippen LogP contribution in [-0.4, -0.2) is 55.4 Å². The van der Waals surface area contributed by atoms with E-state index in [9.17, 15) is 0 Å². The van der Waals surface area contributed by atoms with Crippen LogP contribution in [-0.2, 0) is 0 Å². The molecule has 0 bridgehead atoms. The quantitative estimate of drug-likeness (QED) is 0.913. The molecule has 1 aromatic carbocycles. The normalized spacial score (nSPS) is 27.8. The number of piperazine rings is 1. The smallest absolute Gasteiger partial charge is 0.231 e. The molecule has 2 aliphatic rings. The van der Waals surface area contributed by atoms with Gasteiger partial charge in [0, 0.05) is 37.8 Å². The molecule has 2 aliphatic heterocycles. The zero-order valence-corrected chi connectivity index (χ0v) is 13.1. The largest absolute Gasteiger partial charge is 0.454 e. The van der Waals surface area contributed by atoms with Crippen LogP contribution in [0.25, 0.3) is 0 Å². The Balaban J connectivity index is 1.65. The van der Waals surface area contributed by atoms with Crippen molar-refractivity contribution >= 4 is 0 Å². The molecule has 1 fully saturated rings. The molecule has 1 saturated heterocycles. The fourth-order valence-electron chi connectivity index (χ4n) is 3.19.